The van der Waals surface area contributed by atoms with Gasteiger partial charge >= 0.3 is 0 Å². The summed E-state index contributed by atoms with van der Waals surface area (Å²) in [6.45, 7) is 0.240. The van der Waals surface area contributed by atoms with Crippen molar-refractivity contribution >= 4 is 5.69 Å². The molecule has 0 saturated heterocycles. The van der Waals surface area contributed by atoms with Crippen molar-refractivity contribution in [2.24, 2.45) is 0 Å². The van der Waals surface area contributed by atoms with Crippen LogP contribution >= 0.6 is 0 Å². The maximum atomic E-state index is 9.48. The molecule has 0 bridgehead atoms. The summed E-state index contributed by atoms with van der Waals surface area (Å²) in [5, 5.41) is 9.48. The highest BCUT2D eigenvalue weighted by atomic mass is 16.5. The molecule has 1 aromatic carbocycles. The molecule has 0 radical (unpaired) electrons. The molecule has 2 rings (SSSR count). The highest BCUT2D eigenvalue weighted by molar-refractivity contribution is 5.42. The zero-order valence-electron chi connectivity index (χ0n) is 8.63. The number of nitrogen functional groups attached to an aromatic ring is 1. The number of hydrogen-bond acceptors (Lipinski definition) is 4. The molecule has 0 aliphatic rings. The van der Waals surface area contributed by atoms with Crippen molar-refractivity contribution in [2.75, 3.05) is 5.73 Å². The number of anilines is 1. The fraction of sp³-hybridized carbons (Fsp3) is 0.0833. The van der Waals surface area contributed by atoms with Crippen LogP contribution < -0.4 is 10.5 Å². The fourth-order valence-electron chi connectivity index (χ4n) is 1.30. The number of hydrogen-bond donors (Lipinski definition) is 2. The Bertz CT molecular complexity index is 440. The highest BCUT2D eigenvalue weighted by Gasteiger charge is 2.03. The van der Waals surface area contributed by atoms with Crippen molar-refractivity contribution in [3.8, 4) is 11.5 Å². The molecule has 0 fully saturated rings. The second kappa shape index (κ2) is 4.53. The van der Waals surface area contributed by atoms with Crippen molar-refractivity contribution in [3.05, 3.63) is 48.3 Å². The van der Waals surface area contributed by atoms with Crippen LogP contribution in [-0.4, -0.2) is 10.1 Å². The standard InChI is InChI=1S/C12H12N2O2/c13-9-4-3-7-14-10(9)8-16-12-6-2-1-5-11(12)15/h1-7,15H,8,13H2. The first-order valence-electron chi connectivity index (χ1n) is 4.87. The lowest BCUT2D eigenvalue weighted by Crippen LogP contribution is -2.02. The molecule has 0 aliphatic heterocycles. The third-order valence-electron chi connectivity index (χ3n) is 2.16. The van der Waals surface area contributed by atoms with Crippen molar-refractivity contribution in [1.29, 1.82) is 0 Å². The lowest BCUT2D eigenvalue weighted by molar-refractivity contribution is 0.285. The molecule has 82 valence electrons. The second-order valence-corrected chi connectivity index (χ2v) is 3.30. The summed E-state index contributed by atoms with van der Waals surface area (Å²) >= 11 is 0. The van der Waals surface area contributed by atoms with Crippen molar-refractivity contribution < 1.29 is 9.84 Å². The van der Waals surface area contributed by atoms with E-state index in [0.717, 1.165) is 0 Å². The van der Waals surface area contributed by atoms with Crippen molar-refractivity contribution in [2.45, 2.75) is 6.61 Å². The lowest BCUT2D eigenvalue weighted by Gasteiger charge is -2.08. The number of aromatic hydroxyl groups is 1. The van der Waals surface area contributed by atoms with Gasteiger partial charge in [-0.15, -0.1) is 0 Å². The average Bonchev–Trinajstić information content (AvgIpc) is 2.30. The van der Waals surface area contributed by atoms with Gasteiger partial charge in [-0.25, -0.2) is 0 Å². The van der Waals surface area contributed by atoms with Gasteiger partial charge in [0.05, 0.1) is 5.69 Å². The maximum absolute atomic E-state index is 9.48. The molecular formula is C12H12N2O2. The molecule has 4 nitrogen and oxygen atoms in total. The monoisotopic (exact) mass is 216 g/mol. The van der Waals surface area contributed by atoms with Gasteiger partial charge in [0, 0.05) is 6.20 Å². The molecule has 3 N–H and O–H groups in total. The van der Waals surface area contributed by atoms with Gasteiger partial charge in [0.2, 0.25) is 0 Å². The molecule has 4 heteroatoms. The minimum absolute atomic E-state index is 0.108. The van der Waals surface area contributed by atoms with E-state index in [1.807, 2.05) is 0 Å². The topological polar surface area (TPSA) is 68.4 Å². The van der Waals surface area contributed by atoms with E-state index >= 15 is 0 Å². The summed E-state index contributed by atoms with van der Waals surface area (Å²) in [6, 6.07) is 10.3. The van der Waals surface area contributed by atoms with Crippen LogP contribution in [0.2, 0.25) is 0 Å². The molecular weight excluding hydrogens is 204 g/mol. The summed E-state index contributed by atoms with van der Waals surface area (Å²) in [5.74, 6) is 0.532. The number of para-hydroxylation sites is 2. The predicted octanol–water partition coefficient (Wildman–Crippen LogP) is 1.95. The molecule has 1 aromatic heterocycles. The molecule has 16 heavy (non-hydrogen) atoms. The normalized spacial score (nSPS) is 10.0. The van der Waals surface area contributed by atoms with E-state index < -0.39 is 0 Å². The third-order valence-corrected chi connectivity index (χ3v) is 2.16. The largest absolute Gasteiger partial charge is 0.504 e. The summed E-state index contributed by atoms with van der Waals surface area (Å²) in [5.41, 5.74) is 6.96. The Labute approximate surface area is 93.3 Å². The number of aromatic nitrogens is 1. The van der Waals surface area contributed by atoms with Crippen molar-refractivity contribution in [1.82, 2.24) is 4.98 Å². The number of phenolic OH excluding ortho intramolecular Hbond substituents is 1. The van der Waals surface area contributed by atoms with E-state index in [-0.39, 0.29) is 12.4 Å². The zero-order chi connectivity index (χ0) is 11.4. The number of benzene rings is 1. The van der Waals surface area contributed by atoms with E-state index in [0.29, 0.717) is 17.1 Å². The Morgan fingerprint density at radius 3 is 2.75 bits per heavy atom. The van der Waals surface area contributed by atoms with Crippen LogP contribution in [0.25, 0.3) is 0 Å². The quantitative estimate of drug-likeness (QED) is 0.822. The minimum atomic E-state index is 0.108. The van der Waals surface area contributed by atoms with Gasteiger partial charge in [0.1, 0.15) is 12.3 Å². The Morgan fingerprint density at radius 2 is 2.00 bits per heavy atom. The van der Waals surface area contributed by atoms with Gasteiger partial charge in [-0.2, -0.15) is 0 Å². The molecule has 2 aromatic rings. The second-order valence-electron chi connectivity index (χ2n) is 3.30. The van der Waals surface area contributed by atoms with Crippen LogP contribution in [0.5, 0.6) is 11.5 Å². The van der Waals surface area contributed by atoms with Gasteiger partial charge < -0.3 is 15.6 Å². The van der Waals surface area contributed by atoms with Gasteiger partial charge in [0.25, 0.3) is 0 Å². The van der Waals surface area contributed by atoms with Crippen LogP contribution in [0, 0.1) is 0 Å². The Kier molecular flexibility index (Phi) is 2.91. The molecule has 0 amide bonds. The van der Waals surface area contributed by atoms with Gasteiger partial charge in [-0.05, 0) is 24.3 Å². The summed E-state index contributed by atoms with van der Waals surface area (Å²) in [6.07, 6.45) is 1.65. The first-order chi connectivity index (χ1) is 7.77. The molecule has 0 aliphatic carbocycles. The van der Waals surface area contributed by atoms with Crippen LogP contribution in [0.15, 0.2) is 42.6 Å². The number of phenols is 1. The number of nitrogens with two attached hydrogens (primary N) is 1. The van der Waals surface area contributed by atoms with Crippen LogP contribution in [0.1, 0.15) is 5.69 Å². The first kappa shape index (κ1) is 10.3. The molecule has 1 heterocycles. The smallest absolute Gasteiger partial charge is 0.161 e. The predicted molar refractivity (Wildman–Crippen MR) is 61.1 cm³/mol. The third kappa shape index (κ3) is 2.23. The van der Waals surface area contributed by atoms with Gasteiger partial charge in [-0.3, -0.25) is 4.98 Å². The molecule has 0 unspecified atom stereocenters. The minimum Gasteiger partial charge on any atom is -0.504 e. The lowest BCUT2D eigenvalue weighted by atomic mass is 10.3. The fourth-order valence-corrected chi connectivity index (χ4v) is 1.30. The van der Waals surface area contributed by atoms with Crippen molar-refractivity contribution in [3.63, 3.8) is 0 Å². The first-order valence-corrected chi connectivity index (χ1v) is 4.87. The number of rotatable bonds is 3. The number of ether oxygens (including phenoxy) is 1. The van der Waals surface area contributed by atoms with Gasteiger partial charge in [-0.1, -0.05) is 12.1 Å². The van der Waals surface area contributed by atoms with Gasteiger partial charge in [0.15, 0.2) is 11.5 Å². The summed E-state index contributed by atoms with van der Waals surface area (Å²) < 4.78 is 5.41. The molecule has 0 atom stereocenters. The van der Waals surface area contributed by atoms with Crippen LogP contribution in [0.4, 0.5) is 5.69 Å². The Hall–Kier alpha value is -2.23. The zero-order valence-corrected chi connectivity index (χ0v) is 8.63. The molecule has 0 saturated carbocycles. The van der Waals surface area contributed by atoms with E-state index in [9.17, 15) is 5.11 Å². The SMILES string of the molecule is Nc1cccnc1COc1ccccc1O. The van der Waals surface area contributed by atoms with E-state index in [4.69, 9.17) is 10.5 Å². The number of nitrogens with zero attached hydrogens (tertiary/aromatic N) is 1. The summed E-state index contributed by atoms with van der Waals surface area (Å²) in [4.78, 5) is 4.09. The van der Waals surface area contributed by atoms with Crippen LogP contribution in [-0.2, 0) is 6.61 Å². The molecule has 0 spiro atoms. The van der Waals surface area contributed by atoms with E-state index in [2.05, 4.69) is 4.98 Å². The number of pyridine rings is 1. The van der Waals surface area contributed by atoms with E-state index in [1.165, 1.54) is 0 Å². The maximum Gasteiger partial charge on any atom is 0.161 e. The Balaban J connectivity index is 2.09. The Morgan fingerprint density at radius 1 is 1.19 bits per heavy atom. The van der Waals surface area contributed by atoms with Crippen LogP contribution in [0.3, 0.4) is 0 Å². The average molecular weight is 216 g/mol. The van der Waals surface area contributed by atoms with E-state index in [1.54, 1.807) is 42.6 Å². The summed E-state index contributed by atoms with van der Waals surface area (Å²) in [7, 11) is 0. The highest BCUT2D eigenvalue weighted by Crippen LogP contribution is 2.25.